The summed E-state index contributed by atoms with van der Waals surface area (Å²) in [4.78, 5) is 4.71. The molecule has 5 N–H and O–H groups in total. The number of hydrogen-bond acceptors (Lipinski definition) is 13. The van der Waals surface area contributed by atoms with Crippen LogP contribution < -0.4 is 10.8 Å². The van der Waals surface area contributed by atoms with Crippen molar-refractivity contribution in [3.05, 3.63) is 96.6 Å². The van der Waals surface area contributed by atoms with Crippen molar-refractivity contribution in [1.29, 1.82) is 0 Å². The second-order valence-corrected chi connectivity index (χ2v) is 11.6. The first-order chi connectivity index (χ1) is 21.6. The number of para-hydroxylation sites is 1. The van der Waals surface area contributed by atoms with Gasteiger partial charge in [-0.25, -0.2) is 0 Å². The largest absolute Gasteiger partial charge is 0.506 e. The Morgan fingerprint density at radius 2 is 1.52 bits per heavy atom. The minimum Gasteiger partial charge on any atom is -0.506 e. The Labute approximate surface area is 278 Å². The van der Waals surface area contributed by atoms with Crippen LogP contribution in [0.4, 0.5) is 34.1 Å². The first kappa shape index (κ1) is 34.5. The quantitative estimate of drug-likeness (QED) is 0.0169. The van der Waals surface area contributed by atoms with E-state index in [0.717, 1.165) is 22.6 Å². The van der Waals surface area contributed by atoms with Crippen molar-refractivity contribution in [3.8, 4) is 11.5 Å². The molecule has 0 amide bonds. The molecule has 0 saturated heterocycles. The van der Waals surface area contributed by atoms with Crippen LogP contribution in [0.3, 0.4) is 0 Å². The first-order valence-corrected chi connectivity index (χ1v) is 15.3. The van der Waals surface area contributed by atoms with E-state index in [0.29, 0.717) is 28.0 Å². The van der Waals surface area contributed by atoms with Crippen molar-refractivity contribution in [2.75, 3.05) is 12.4 Å². The molecule has 0 heterocycles. The van der Waals surface area contributed by atoms with Gasteiger partial charge in [-0.05, 0) is 84.6 Å². The van der Waals surface area contributed by atoms with E-state index in [9.17, 15) is 23.2 Å². The van der Waals surface area contributed by atoms with Crippen molar-refractivity contribution in [1.82, 2.24) is 5.48 Å². The molecule has 0 unspecified atom stereocenters. The fourth-order valence-corrected chi connectivity index (χ4v) is 5.23. The molecular weight excluding hydrogens is 684 g/mol. The average Bonchev–Trinajstić information content (AvgIpc) is 3.02. The number of anilines is 2. The SMILES string of the molecule is CNOOSc1ccc(N=Nc2cc(O)c(N=Nc3c(S(=O)(=O)O)cc4cc(Nc5ccccc5)ccc4c3O)cc2C)cc1.[Cu]. The van der Waals surface area contributed by atoms with Gasteiger partial charge in [-0.1, -0.05) is 18.2 Å². The van der Waals surface area contributed by atoms with Gasteiger partial charge in [0.1, 0.15) is 22.0 Å². The van der Waals surface area contributed by atoms with Crippen LogP contribution in [0.5, 0.6) is 11.5 Å². The summed E-state index contributed by atoms with van der Waals surface area (Å²) in [7, 11) is -3.27. The summed E-state index contributed by atoms with van der Waals surface area (Å²) in [5, 5.41) is 41.7. The van der Waals surface area contributed by atoms with Crippen molar-refractivity contribution < 1.29 is 49.6 Å². The van der Waals surface area contributed by atoms with Crippen LogP contribution >= 0.6 is 12.0 Å². The average molecular weight is 710 g/mol. The Kier molecular flexibility index (Phi) is 11.4. The van der Waals surface area contributed by atoms with Gasteiger partial charge in [0, 0.05) is 51.8 Å². The third kappa shape index (κ3) is 8.45. The molecule has 0 spiro atoms. The van der Waals surface area contributed by atoms with Gasteiger partial charge in [0.2, 0.25) is 0 Å². The summed E-state index contributed by atoms with van der Waals surface area (Å²) < 4.78 is 39.4. The van der Waals surface area contributed by atoms with Gasteiger partial charge in [-0.3, -0.25) is 4.55 Å². The monoisotopic (exact) mass is 709 g/mol. The van der Waals surface area contributed by atoms with Crippen LogP contribution in [0.25, 0.3) is 10.8 Å². The molecule has 0 bridgehead atoms. The molecule has 46 heavy (non-hydrogen) atoms. The fourth-order valence-electron chi connectivity index (χ4n) is 4.14. The van der Waals surface area contributed by atoms with Crippen molar-refractivity contribution in [2.24, 2.45) is 20.5 Å². The molecule has 241 valence electrons. The Hall–Kier alpha value is -4.38. The number of hydrogen-bond donors (Lipinski definition) is 5. The normalized spacial score (nSPS) is 11.7. The molecule has 0 aromatic heterocycles. The molecule has 1 radical (unpaired) electrons. The molecule has 5 rings (SSSR count). The summed E-state index contributed by atoms with van der Waals surface area (Å²) in [6.07, 6.45) is 0. The molecule has 0 atom stereocenters. The number of hydroxylamine groups is 1. The van der Waals surface area contributed by atoms with Crippen LogP contribution in [0, 0.1) is 6.92 Å². The van der Waals surface area contributed by atoms with Gasteiger partial charge in [0.25, 0.3) is 10.1 Å². The first-order valence-electron chi connectivity index (χ1n) is 13.2. The number of phenols is 2. The van der Waals surface area contributed by atoms with Crippen LogP contribution in [-0.2, 0) is 36.5 Å². The minimum atomic E-state index is -4.83. The van der Waals surface area contributed by atoms with Crippen LogP contribution in [0.1, 0.15) is 5.56 Å². The van der Waals surface area contributed by atoms with Gasteiger partial charge in [-0.15, -0.1) is 19.6 Å². The fraction of sp³-hybridized carbons (Fsp3) is 0.0667. The number of aryl methyl sites for hydroxylation is 1. The predicted molar refractivity (Wildman–Crippen MR) is 170 cm³/mol. The Morgan fingerprint density at radius 1 is 0.804 bits per heavy atom. The van der Waals surface area contributed by atoms with E-state index >= 15 is 0 Å². The second-order valence-electron chi connectivity index (χ2n) is 9.43. The van der Waals surface area contributed by atoms with Gasteiger partial charge in [0.05, 0.1) is 23.4 Å². The Bertz CT molecular complexity index is 2010. The van der Waals surface area contributed by atoms with E-state index in [1.165, 1.54) is 18.2 Å². The summed E-state index contributed by atoms with van der Waals surface area (Å²) in [5.41, 5.74) is 4.77. The minimum absolute atomic E-state index is 0. The number of nitrogens with zero attached hydrogens (tertiary/aromatic N) is 4. The van der Waals surface area contributed by atoms with Crippen LogP contribution in [-0.4, -0.2) is 30.2 Å². The van der Waals surface area contributed by atoms with E-state index in [1.54, 1.807) is 56.4 Å². The number of aromatic hydroxyl groups is 2. The zero-order valence-corrected chi connectivity index (χ0v) is 26.6. The van der Waals surface area contributed by atoms with Crippen molar-refractivity contribution in [2.45, 2.75) is 16.7 Å². The van der Waals surface area contributed by atoms with E-state index in [-0.39, 0.29) is 33.9 Å². The van der Waals surface area contributed by atoms with Crippen LogP contribution in [0.15, 0.2) is 121 Å². The van der Waals surface area contributed by atoms with E-state index in [4.69, 9.17) is 4.33 Å². The van der Waals surface area contributed by atoms with E-state index in [2.05, 4.69) is 36.2 Å². The van der Waals surface area contributed by atoms with E-state index < -0.39 is 26.5 Å². The van der Waals surface area contributed by atoms with Gasteiger partial charge in [0.15, 0.2) is 5.75 Å². The summed E-state index contributed by atoms with van der Waals surface area (Å²) >= 11 is 1.01. The van der Waals surface area contributed by atoms with Gasteiger partial charge in [-0.2, -0.15) is 24.1 Å². The van der Waals surface area contributed by atoms with Gasteiger partial charge >= 0.3 is 0 Å². The van der Waals surface area contributed by atoms with Crippen molar-refractivity contribution in [3.63, 3.8) is 0 Å². The summed E-state index contributed by atoms with van der Waals surface area (Å²) in [6, 6.07) is 25.2. The summed E-state index contributed by atoms with van der Waals surface area (Å²) in [5.74, 6) is -0.834. The maximum Gasteiger partial charge on any atom is 0.296 e. The molecule has 0 aliphatic carbocycles. The maximum absolute atomic E-state index is 12.3. The van der Waals surface area contributed by atoms with Crippen LogP contribution in [0.2, 0.25) is 0 Å². The molecule has 0 saturated carbocycles. The Morgan fingerprint density at radius 3 is 2.22 bits per heavy atom. The summed E-state index contributed by atoms with van der Waals surface area (Å²) in [6.45, 7) is 1.71. The molecule has 0 aliphatic heterocycles. The zero-order chi connectivity index (χ0) is 32.0. The molecule has 5 aromatic rings. The topological polar surface area (TPSA) is 187 Å². The Balaban J connectivity index is 0.00000480. The molecule has 5 aromatic carbocycles. The van der Waals surface area contributed by atoms with E-state index in [1.807, 2.05) is 30.3 Å². The number of azo groups is 2. The third-order valence-corrected chi connectivity index (χ3v) is 7.77. The molecule has 13 nitrogen and oxygen atoms in total. The zero-order valence-electron chi connectivity index (χ0n) is 24.0. The maximum atomic E-state index is 12.3. The predicted octanol–water partition coefficient (Wildman–Crippen LogP) is 8.47. The second kappa shape index (κ2) is 15.3. The molecule has 16 heteroatoms. The number of rotatable bonds is 11. The van der Waals surface area contributed by atoms with Gasteiger partial charge < -0.3 is 15.5 Å². The number of fused-ring (bicyclic) bond motifs is 1. The molecule has 0 fully saturated rings. The standard InChI is InChI=1S/C30H26N6O7S2.Cu/c1-18-14-26(27(37)17-25(18)34-33-21-8-11-23(12-9-21)44-43-42-31-2)35-36-29-28(45(39,40)41)16-19-15-22(10-13-24(19)30(29)38)32-20-6-4-3-5-7-20;/h3-17,31-32,37-38H,1-2H3,(H,39,40,41);. The third-order valence-electron chi connectivity index (χ3n) is 6.30. The molecule has 0 aliphatic rings. The number of phenolic OH excluding ortho intramolecular Hbond substituents is 2. The smallest absolute Gasteiger partial charge is 0.296 e. The molecular formula is C30H26CuN6O7S2. The van der Waals surface area contributed by atoms with Crippen molar-refractivity contribution >= 4 is 67.1 Å². The number of nitrogens with one attached hydrogen (secondary N) is 2. The number of benzene rings is 5.